The van der Waals surface area contributed by atoms with Crippen molar-refractivity contribution in [3.63, 3.8) is 0 Å². The summed E-state index contributed by atoms with van der Waals surface area (Å²) in [5.41, 5.74) is 5.51. The van der Waals surface area contributed by atoms with E-state index in [2.05, 4.69) is 56.3 Å². The standard InChI is InChI=1S/C26H36O3/c1-3-5-8-13-22-16-12-18-25(23(22)17-9-6-4-2)24(19-20-29-26(27)28)21-14-10-7-11-15-21/h7,10-12,14-16,18,24H,3-6,8-9,13,17,19-20H2,1-2H3,(H,27,28). The van der Waals surface area contributed by atoms with Crippen LogP contribution in [-0.4, -0.2) is 17.9 Å². The number of hydrogen-bond acceptors (Lipinski definition) is 2. The second kappa shape index (κ2) is 13.0. The van der Waals surface area contributed by atoms with Gasteiger partial charge in [0.25, 0.3) is 0 Å². The molecule has 0 saturated carbocycles. The molecule has 29 heavy (non-hydrogen) atoms. The zero-order valence-corrected chi connectivity index (χ0v) is 18.0. The summed E-state index contributed by atoms with van der Waals surface area (Å²) >= 11 is 0. The number of rotatable bonds is 13. The Morgan fingerprint density at radius 2 is 1.59 bits per heavy atom. The van der Waals surface area contributed by atoms with Crippen molar-refractivity contribution in [3.05, 3.63) is 70.8 Å². The highest BCUT2D eigenvalue weighted by Gasteiger charge is 2.20. The van der Waals surface area contributed by atoms with Gasteiger partial charge in [0, 0.05) is 5.92 Å². The second-order valence-corrected chi connectivity index (χ2v) is 7.77. The Balaban J connectivity index is 2.37. The van der Waals surface area contributed by atoms with Crippen LogP contribution in [0.5, 0.6) is 0 Å². The SMILES string of the molecule is CCCCCc1cccc(C(CCOC(=O)O)c2ccccc2)c1CCCCC. The molecule has 0 spiro atoms. The van der Waals surface area contributed by atoms with Crippen molar-refractivity contribution < 1.29 is 14.6 Å². The number of carboxylic acid groups (broad SMARTS) is 1. The van der Waals surface area contributed by atoms with Gasteiger partial charge in [0.05, 0.1) is 6.61 Å². The number of benzene rings is 2. The first-order valence-electron chi connectivity index (χ1n) is 11.2. The van der Waals surface area contributed by atoms with E-state index in [9.17, 15) is 4.79 Å². The largest absolute Gasteiger partial charge is 0.505 e. The minimum Gasteiger partial charge on any atom is -0.450 e. The van der Waals surface area contributed by atoms with E-state index in [4.69, 9.17) is 9.84 Å². The maximum Gasteiger partial charge on any atom is 0.505 e. The zero-order valence-electron chi connectivity index (χ0n) is 18.0. The van der Waals surface area contributed by atoms with Gasteiger partial charge in [-0.2, -0.15) is 0 Å². The van der Waals surface area contributed by atoms with Gasteiger partial charge in [0.1, 0.15) is 0 Å². The predicted octanol–water partition coefficient (Wildman–Crippen LogP) is 7.37. The lowest BCUT2D eigenvalue weighted by molar-refractivity contribution is 0.0896. The van der Waals surface area contributed by atoms with Crippen LogP contribution in [-0.2, 0) is 17.6 Å². The van der Waals surface area contributed by atoms with Crippen LogP contribution in [0.15, 0.2) is 48.5 Å². The molecule has 2 rings (SSSR count). The van der Waals surface area contributed by atoms with Crippen LogP contribution in [0.2, 0.25) is 0 Å². The molecule has 0 heterocycles. The summed E-state index contributed by atoms with van der Waals surface area (Å²) in [4.78, 5) is 10.9. The van der Waals surface area contributed by atoms with Crippen LogP contribution in [0, 0.1) is 0 Å². The Kier molecular flexibility index (Phi) is 10.3. The smallest absolute Gasteiger partial charge is 0.450 e. The van der Waals surface area contributed by atoms with Gasteiger partial charge in [-0.1, -0.05) is 88.1 Å². The molecule has 0 fully saturated rings. The highest BCUT2D eigenvalue weighted by Crippen LogP contribution is 2.33. The van der Waals surface area contributed by atoms with E-state index in [1.54, 1.807) is 0 Å². The molecule has 2 aromatic rings. The summed E-state index contributed by atoms with van der Waals surface area (Å²) in [5.74, 6) is 0.151. The minimum atomic E-state index is -1.20. The monoisotopic (exact) mass is 396 g/mol. The van der Waals surface area contributed by atoms with Crippen molar-refractivity contribution in [1.29, 1.82) is 0 Å². The predicted molar refractivity (Wildman–Crippen MR) is 120 cm³/mol. The Bertz CT molecular complexity index is 724. The van der Waals surface area contributed by atoms with Gasteiger partial charge in [0.15, 0.2) is 0 Å². The average molecular weight is 397 g/mol. The molecule has 3 heteroatoms. The average Bonchev–Trinajstić information content (AvgIpc) is 2.73. The van der Waals surface area contributed by atoms with Crippen molar-refractivity contribution in [3.8, 4) is 0 Å². The summed E-state index contributed by atoms with van der Waals surface area (Å²) in [6.07, 6.45) is 9.02. The first-order valence-corrected chi connectivity index (χ1v) is 11.2. The number of ether oxygens (including phenoxy) is 1. The molecular weight excluding hydrogens is 360 g/mol. The van der Waals surface area contributed by atoms with Crippen LogP contribution in [0.4, 0.5) is 4.79 Å². The van der Waals surface area contributed by atoms with Crippen molar-refractivity contribution in [2.45, 2.75) is 77.6 Å². The molecule has 1 unspecified atom stereocenters. The van der Waals surface area contributed by atoms with Crippen LogP contribution >= 0.6 is 0 Å². The molecule has 3 nitrogen and oxygen atoms in total. The number of unbranched alkanes of at least 4 members (excludes halogenated alkanes) is 4. The molecule has 0 bridgehead atoms. The van der Waals surface area contributed by atoms with Crippen molar-refractivity contribution in [2.24, 2.45) is 0 Å². The third-order valence-electron chi connectivity index (χ3n) is 5.60. The third kappa shape index (κ3) is 7.56. The topological polar surface area (TPSA) is 46.5 Å². The van der Waals surface area contributed by atoms with Crippen LogP contribution < -0.4 is 0 Å². The quantitative estimate of drug-likeness (QED) is 0.284. The molecule has 0 radical (unpaired) electrons. The van der Waals surface area contributed by atoms with Crippen LogP contribution in [0.1, 0.15) is 87.0 Å². The van der Waals surface area contributed by atoms with Gasteiger partial charge in [0.2, 0.25) is 0 Å². The lowest BCUT2D eigenvalue weighted by Gasteiger charge is -2.23. The normalized spacial score (nSPS) is 11.9. The maximum atomic E-state index is 10.9. The van der Waals surface area contributed by atoms with Crippen LogP contribution in [0.3, 0.4) is 0 Å². The minimum absolute atomic E-state index is 0.151. The molecule has 0 amide bonds. The van der Waals surface area contributed by atoms with Gasteiger partial charge in [-0.05, 0) is 54.4 Å². The molecule has 0 aliphatic heterocycles. The molecule has 2 aromatic carbocycles. The van der Waals surface area contributed by atoms with E-state index >= 15 is 0 Å². The lowest BCUT2D eigenvalue weighted by Crippen LogP contribution is -2.12. The fourth-order valence-electron chi connectivity index (χ4n) is 4.09. The van der Waals surface area contributed by atoms with E-state index in [1.165, 1.54) is 60.8 Å². The Morgan fingerprint density at radius 3 is 2.24 bits per heavy atom. The third-order valence-corrected chi connectivity index (χ3v) is 5.60. The molecule has 0 aliphatic carbocycles. The fourth-order valence-corrected chi connectivity index (χ4v) is 4.09. The van der Waals surface area contributed by atoms with Crippen molar-refractivity contribution in [2.75, 3.05) is 6.61 Å². The van der Waals surface area contributed by atoms with Gasteiger partial charge in [-0.15, -0.1) is 0 Å². The molecule has 1 N–H and O–H groups in total. The molecule has 1 atom stereocenters. The van der Waals surface area contributed by atoms with Gasteiger partial charge < -0.3 is 9.84 Å². The Labute approximate surface area is 176 Å². The fraction of sp³-hybridized carbons (Fsp3) is 0.500. The molecular formula is C26H36O3. The maximum absolute atomic E-state index is 10.9. The van der Waals surface area contributed by atoms with Crippen LogP contribution in [0.25, 0.3) is 0 Å². The highest BCUT2D eigenvalue weighted by molar-refractivity contribution is 5.56. The van der Waals surface area contributed by atoms with E-state index < -0.39 is 6.16 Å². The Hall–Kier alpha value is -2.29. The van der Waals surface area contributed by atoms with Gasteiger partial charge in [-0.25, -0.2) is 4.79 Å². The van der Waals surface area contributed by atoms with E-state index in [0.29, 0.717) is 6.42 Å². The number of hydrogen-bond donors (Lipinski definition) is 1. The molecule has 0 saturated heterocycles. The summed E-state index contributed by atoms with van der Waals surface area (Å²) in [7, 11) is 0. The van der Waals surface area contributed by atoms with Crippen molar-refractivity contribution in [1.82, 2.24) is 0 Å². The summed E-state index contributed by atoms with van der Waals surface area (Å²) in [5, 5.41) is 8.91. The second-order valence-electron chi connectivity index (χ2n) is 7.77. The summed E-state index contributed by atoms with van der Waals surface area (Å²) in [6.45, 7) is 4.69. The number of carbonyl (C=O) groups is 1. The molecule has 0 aromatic heterocycles. The number of aryl methyl sites for hydroxylation is 1. The van der Waals surface area contributed by atoms with E-state index in [0.717, 1.165) is 12.8 Å². The first-order chi connectivity index (χ1) is 14.2. The van der Waals surface area contributed by atoms with Crippen molar-refractivity contribution >= 4 is 6.16 Å². The first kappa shape index (κ1) is 23.0. The molecule has 0 aliphatic rings. The highest BCUT2D eigenvalue weighted by atomic mass is 16.7. The summed E-state index contributed by atoms with van der Waals surface area (Å²) in [6, 6.07) is 17.1. The lowest BCUT2D eigenvalue weighted by atomic mass is 9.82. The zero-order chi connectivity index (χ0) is 20.9. The van der Waals surface area contributed by atoms with Gasteiger partial charge >= 0.3 is 6.16 Å². The van der Waals surface area contributed by atoms with E-state index in [1.807, 2.05) is 6.07 Å². The van der Waals surface area contributed by atoms with E-state index in [-0.39, 0.29) is 12.5 Å². The Morgan fingerprint density at radius 1 is 0.897 bits per heavy atom. The summed E-state index contributed by atoms with van der Waals surface area (Å²) < 4.78 is 4.88. The molecule has 158 valence electrons. The van der Waals surface area contributed by atoms with Gasteiger partial charge in [-0.3, -0.25) is 0 Å².